The van der Waals surface area contributed by atoms with E-state index < -0.39 is 12.2 Å². The van der Waals surface area contributed by atoms with E-state index in [1.807, 2.05) is 0 Å². The number of nitrogens with zero attached hydrogens (tertiary/aromatic N) is 1. The van der Waals surface area contributed by atoms with Gasteiger partial charge < -0.3 is 4.74 Å². The van der Waals surface area contributed by atoms with Crippen LogP contribution in [0, 0.1) is 6.92 Å². The molecule has 0 aromatic carbocycles. The highest BCUT2D eigenvalue weighted by Gasteiger charge is 2.33. The van der Waals surface area contributed by atoms with Crippen LogP contribution < -0.4 is 4.74 Å². The molecule has 0 saturated carbocycles. The molecule has 0 saturated heterocycles. The summed E-state index contributed by atoms with van der Waals surface area (Å²) in [5, 5.41) is -0.381. The lowest BCUT2D eigenvalue weighted by atomic mass is 10.4. The molecular weight excluding hydrogens is 242 g/mol. The van der Waals surface area contributed by atoms with Gasteiger partial charge in [-0.2, -0.15) is 0 Å². The highest BCUT2D eigenvalue weighted by atomic mass is 35.5. The van der Waals surface area contributed by atoms with E-state index in [9.17, 15) is 13.2 Å². The summed E-state index contributed by atoms with van der Waals surface area (Å²) in [5.41, 5.74) is 0.290. The molecule has 0 amide bonds. The Bertz CT molecular complexity index is 354. The van der Waals surface area contributed by atoms with E-state index >= 15 is 0 Å². The molecule has 0 radical (unpaired) electrons. The van der Waals surface area contributed by atoms with Crippen molar-refractivity contribution < 1.29 is 17.9 Å². The summed E-state index contributed by atoms with van der Waals surface area (Å²) < 4.78 is 39.0. The molecule has 1 aromatic rings. The molecule has 0 fully saturated rings. The van der Waals surface area contributed by atoms with Crippen molar-refractivity contribution >= 4 is 23.2 Å². The van der Waals surface area contributed by atoms with Gasteiger partial charge in [0.25, 0.3) is 0 Å². The van der Waals surface area contributed by atoms with Crippen LogP contribution in [0.1, 0.15) is 5.69 Å². The van der Waals surface area contributed by atoms with Crippen molar-refractivity contribution in [3.05, 3.63) is 21.8 Å². The number of ether oxygens (including phenoxy) is 1. The van der Waals surface area contributed by atoms with Gasteiger partial charge in [-0.3, -0.25) is 0 Å². The molecule has 1 aromatic heterocycles. The first kappa shape index (κ1) is 11.4. The second-order valence-corrected chi connectivity index (χ2v) is 3.20. The van der Waals surface area contributed by atoms with Gasteiger partial charge in [-0.15, -0.1) is 13.2 Å². The first-order valence-corrected chi connectivity index (χ1v) is 4.13. The standard InChI is InChI=1S/C7H4Cl2F3NO/c1-3-2-4(8)5(9)6(13-3)14-7(10,11)12/h2H,1H3. The summed E-state index contributed by atoms with van der Waals surface area (Å²) in [4.78, 5) is 3.46. The Morgan fingerprint density at radius 2 is 1.93 bits per heavy atom. The van der Waals surface area contributed by atoms with E-state index in [1.165, 1.54) is 13.0 Å². The lowest BCUT2D eigenvalue weighted by Crippen LogP contribution is -2.18. The maximum Gasteiger partial charge on any atom is 0.574 e. The molecule has 14 heavy (non-hydrogen) atoms. The molecule has 78 valence electrons. The van der Waals surface area contributed by atoms with Gasteiger partial charge in [0.05, 0.1) is 5.02 Å². The normalized spacial score (nSPS) is 11.6. The predicted octanol–water partition coefficient (Wildman–Crippen LogP) is 3.60. The Hall–Kier alpha value is -0.680. The van der Waals surface area contributed by atoms with Crippen molar-refractivity contribution in [2.75, 3.05) is 0 Å². The fourth-order valence-corrected chi connectivity index (χ4v) is 1.14. The van der Waals surface area contributed by atoms with E-state index in [-0.39, 0.29) is 10.0 Å². The van der Waals surface area contributed by atoms with Crippen LogP contribution in [0.2, 0.25) is 10.0 Å². The molecule has 0 spiro atoms. The van der Waals surface area contributed by atoms with Gasteiger partial charge in [0, 0.05) is 5.69 Å². The highest BCUT2D eigenvalue weighted by Crippen LogP contribution is 2.33. The molecule has 0 aliphatic heterocycles. The smallest absolute Gasteiger partial charge is 0.386 e. The number of halogens is 5. The molecule has 7 heteroatoms. The molecule has 1 heterocycles. The number of alkyl halides is 3. The minimum Gasteiger partial charge on any atom is -0.386 e. The number of aryl methyl sites for hydroxylation is 1. The Morgan fingerprint density at radius 1 is 1.36 bits per heavy atom. The van der Waals surface area contributed by atoms with Crippen molar-refractivity contribution in [1.82, 2.24) is 4.98 Å². The fraction of sp³-hybridized carbons (Fsp3) is 0.286. The van der Waals surface area contributed by atoms with E-state index in [0.717, 1.165) is 0 Å². The van der Waals surface area contributed by atoms with Crippen LogP contribution in [0.15, 0.2) is 6.07 Å². The minimum atomic E-state index is -4.83. The zero-order valence-electron chi connectivity index (χ0n) is 6.82. The van der Waals surface area contributed by atoms with Gasteiger partial charge >= 0.3 is 6.36 Å². The van der Waals surface area contributed by atoms with E-state index in [2.05, 4.69) is 9.72 Å². The Morgan fingerprint density at radius 3 is 2.43 bits per heavy atom. The largest absolute Gasteiger partial charge is 0.574 e. The quantitative estimate of drug-likeness (QED) is 0.755. The van der Waals surface area contributed by atoms with Crippen LogP contribution in [-0.2, 0) is 0 Å². The molecule has 0 bridgehead atoms. The summed E-state index contributed by atoms with van der Waals surface area (Å²) in [6, 6.07) is 1.34. The summed E-state index contributed by atoms with van der Waals surface area (Å²) in [7, 11) is 0. The van der Waals surface area contributed by atoms with Gasteiger partial charge in [0.15, 0.2) is 0 Å². The third-order valence-corrected chi connectivity index (χ3v) is 1.98. The van der Waals surface area contributed by atoms with Gasteiger partial charge in [-0.05, 0) is 13.0 Å². The molecule has 0 N–H and O–H groups in total. The van der Waals surface area contributed by atoms with E-state index in [1.54, 1.807) is 0 Å². The zero-order valence-corrected chi connectivity index (χ0v) is 8.33. The fourth-order valence-electron chi connectivity index (χ4n) is 0.768. The monoisotopic (exact) mass is 245 g/mol. The maximum atomic E-state index is 11.8. The Kier molecular flexibility index (Phi) is 3.11. The number of pyridine rings is 1. The van der Waals surface area contributed by atoms with Crippen molar-refractivity contribution in [1.29, 1.82) is 0 Å². The summed E-state index contributed by atoms with van der Waals surface area (Å²) >= 11 is 11.0. The molecule has 0 aliphatic rings. The Labute approximate surface area is 87.6 Å². The second kappa shape index (κ2) is 3.82. The van der Waals surface area contributed by atoms with Crippen LogP contribution in [-0.4, -0.2) is 11.3 Å². The molecule has 1 rings (SSSR count). The lowest BCUT2D eigenvalue weighted by Gasteiger charge is -2.10. The molecule has 0 unspecified atom stereocenters. The van der Waals surface area contributed by atoms with Crippen molar-refractivity contribution in [2.45, 2.75) is 13.3 Å². The third-order valence-electron chi connectivity index (χ3n) is 1.22. The number of aromatic nitrogens is 1. The van der Waals surface area contributed by atoms with Gasteiger partial charge in [0.1, 0.15) is 5.02 Å². The average molecular weight is 246 g/mol. The van der Waals surface area contributed by atoms with Gasteiger partial charge in [-0.1, -0.05) is 23.2 Å². The minimum absolute atomic E-state index is 0.0292. The summed E-state index contributed by atoms with van der Waals surface area (Å²) in [5.74, 6) is -0.732. The summed E-state index contributed by atoms with van der Waals surface area (Å²) in [6.45, 7) is 1.48. The SMILES string of the molecule is Cc1cc(Cl)c(Cl)c(OC(F)(F)F)n1. The van der Waals surface area contributed by atoms with Crippen molar-refractivity contribution in [2.24, 2.45) is 0 Å². The average Bonchev–Trinajstić information content (AvgIpc) is 1.96. The van der Waals surface area contributed by atoms with Crippen LogP contribution in [0.4, 0.5) is 13.2 Å². The van der Waals surface area contributed by atoms with Gasteiger partial charge in [0.2, 0.25) is 5.88 Å². The molecule has 0 aliphatic carbocycles. The summed E-state index contributed by atoms with van der Waals surface area (Å²) in [6.07, 6.45) is -4.83. The number of hydrogen-bond donors (Lipinski definition) is 0. The zero-order chi connectivity index (χ0) is 10.9. The predicted molar refractivity (Wildman–Crippen MR) is 45.7 cm³/mol. The maximum absolute atomic E-state index is 11.8. The van der Waals surface area contributed by atoms with Crippen LogP contribution in [0.25, 0.3) is 0 Å². The molecule has 2 nitrogen and oxygen atoms in total. The molecular formula is C7H4Cl2F3NO. The van der Waals surface area contributed by atoms with Crippen LogP contribution in [0.3, 0.4) is 0 Å². The van der Waals surface area contributed by atoms with Crippen LogP contribution >= 0.6 is 23.2 Å². The topological polar surface area (TPSA) is 22.1 Å². The second-order valence-electron chi connectivity index (χ2n) is 2.41. The Balaban J connectivity index is 3.09. The highest BCUT2D eigenvalue weighted by molar-refractivity contribution is 6.42. The van der Waals surface area contributed by atoms with Crippen molar-refractivity contribution in [3.8, 4) is 5.88 Å². The first-order valence-electron chi connectivity index (χ1n) is 3.38. The number of rotatable bonds is 1. The number of hydrogen-bond acceptors (Lipinski definition) is 2. The third kappa shape index (κ3) is 2.92. The van der Waals surface area contributed by atoms with Gasteiger partial charge in [-0.25, -0.2) is 4.98 Å². The first-order chi connectivity index (χ1) is 6.29. The van der Waals surface area contributed by atoms with Crippen molar-refractivity contribution in [3.63, 3.8) is 0 Å². The van der Waals surface area contributed by atoms with Crippen LogP contribution in [0.5, 0.6) is 5.88 Å². The molecule has 0 atom stereocenters. The van der Waals surface area contributed by atoms with E-state index in [0.29, 0.717) is 5.69 Å². The lowest BCUT2D eigenvalue weighted by molar-refractivity contribution is -0.276. The van der Waals surface area contributed by atoms with E-state index in [4.69, 9.17) is 23.2 Å².